The molecule has 0 aliphatic carbocycles. The number of aromatic nitrogens is 3. The highest BCUT2D eigenvalue weighted by Gasteiger charge is 2.18. The van der Waals surface area contributed by atoms with Gasteiger partial charge in [0.25, 0.3) is 0 Å². The Morgan fingerprint density at radius 3 is 2.85 bits per heavy atom. The quantitative estimate of drug-likeness (QED) is 0.709. The number of ether oxygens (including phenoxy) is 1. The van der Waals surface area contributed by atoms with Gasteiger partial charge in [-0.15, -0.1) is 0 Å². The van der Waals surface area contributed by atoms with Crippen molar-refractivity contribution in [2.75, 3.05) is 0 Å². The first-order valence-corrected chi connectivity index (χ1v) is 6.30. The molecule has 0 saturated carbocycles. The van der Waals surface area contributed by atoms with Gasteiger partial charge < -0.3 is 9.72 Å². The van der Waals surface area contributed by atoms with Crippen molar-refractivity contribution in [1.29, 1.82) is 0 Å². The van der Waals surface area contributed by atoms with E-state index < -0.39 is 0 Å². The molecule has 2 aromatic heterocycles. The molecule has 0 saturated heterocycles. The van der Waals surface area contributed by atoms with Crippen LogP contribution in [0.4, 0.5) is 0 Å². The third-order valence-corrected chi connectivity index (χ3v) is 3.48. The topological polar surface area (TPSA) is 70.8 Å². The molecule has 0 radical (unpaired) electrons. The molecule has 20 heavy (non-hydrogen) atoms. The molecule has 1 aliphatic heterocycles. The van der Waals surface area contributed by atoms with Crippen LogP contribution in [0.1, 0.15) is 5.69 Å². The standard InChI is InChI=1S/C15H11N3O2/c19-15-4-3-11-12-2-1-9(10-6-16-17-7-10)5-14(12)20-8-13(11)18-15/h1-7H,8H2,(H,16,17)(H,18,19). The zero-order valence-corrected chi connectivity index (χ0v) is 10.5. The minimum atomic E-state index is -0.106. The molecule has 3 aromatic rings. The van der Waals surface area contributed by atoms with Crippen LogP contribution in [-0.4, -0.2) is 15.2 Å². The van der Waals surface area contributed by atoms with Gasteiger partial charge in [-0.25, -0.2) is 0 Å². The number of hydrogen-bond acceptors (Lipinski definition) is 3. The van der Waals surface area contributed by atoms with Gasteiger partial charge in [-0.1, -0.05) is 6.07 Å². The summed E-state index contributed by atoms with van der Waals surface area (Å²) in [5.74, 6) is 0.822. The SMILES string of the molecule is O=c1ccc2c([nH]1)COc1cc(-c3cn[nH]c3)ccc1-2. The summed E-state index contributed by atoms with van der Waals surface area (Å²) in [6, 6.07) is 9.40. The van der Waals surface area contributed by atoms with E-state index in [1.807, 2.05) is 30.5 Å². The molecule has 4 rings (SSSR count). The minimum Gasteiger partial charge on any atom is -0.487 e. The fourth-order valence-corrected chi connectivity index (χ4v) is 2.49. The van der Waals surface area contributed by atoms with Crippen LogP contribution < -0.4 is 10.3 Å². The van der Waals surface area contributed by atoms with Crippen molar-refractivity contribution in [2.24, 2.45) is 0 Å². The van der Waals surface area contributed by atoms with E-state index in [1.165, 1.54) is 6.07 Å². The summed E-state index contributed by atoms with van der Waals surface area (Å²) in [6.07, 6.45) is 3.62. The normalized spacial score (nSPS) is 12.4. The number of nitrogens with zero attached hydrogens (tertiary/aromatic N) is 1. The second kappa shape index (κ2) is 4.09. The highest BCUT2D eigenvalue weighted by atomic mass is 16.5. The zero-order chi connectivity index (χ0) is 13.5. The van der Waals surface area contributed by atoms with Gasteiger partial charge >= 0.3 is 0 Å². The molecule has 98 valence electrons. The zero-order valence-electron chi connectivity index (χ0n) is 10.5. The Morgan fingerprint density at radius 2 is 2.00 bits per heavy atom. The van der Waals surface area contributed by atoms with Crippen molar-refractivity contribution < 1.29 is 4.74 Å². The largest absolute Gasteiger partial charge is 0.487 e. The third-order valence-electron chi connectivity index (χ3n) is 3.48. The van der Waals surface area contributed by atoms with Gasteiger partial charge in [0.05, 0.1) is 11.9 Å². The number of H-pyrrole nitrogens is 2. The van der Waals surface area contributed by atoms with Gasteiger partial charge in [-0.05, 0) is 23.8 Å². The summed E-state index contributed by atoms with van der Waals surface area (Å²) >= 11 is 0. The van der Waals surface area contributed by atoms with Crippen LogP contribution in [0.2, 0.25) is 0 Å². The second-order valence-corrected chi connectivity index (χ2v) is 4.70. The lowest BCUT2D eigenvalue weighted by atomic mass is 9.98. The van der Waals surface area contributed by atoms with Gasteiger partial charge in [0.1, 0.15) is 12.4 Å². The van der Waals surface area contributed by atoms with E-state index in [0.717, 1.165) is 33.7 Å². The van der Waals surface area contributed by atoms with E-state index in [4.69, 9.17) is 4.74 Å². The van der Waals surface area contributed by atoms with Crippen molar-refractivity contribution >= 4 is 0 Å². The van der Waals surface area contributed by atoms with E-state index in [-0.39, 0.29) is 5.56 Å². The fraction of sp³-hybridized carbons (Fsp3) is 0.0667. The van der Waals surface area contributed by atoms with Crippen LogP contribution in [-0.2, 0) is 6.61 Å². The molecule has 1 aromatic carbocycles. The maximum atomic E-state index is 11.3. The van der Waals surface area contributed by atoms with Crippen molar-refractivity contribution in [3.63, 3.8) is 0 Å². The number of fused-ring (bicyclic) bond motifs is 3. The Morgan fingerprint density at radius 1 is 1.10 bits per heavy atom. The van der Waals surface area contributed by atoms with Crippen molar-refractivity contribution in [2.45, 2.75) is 6.61 Å². The molecule has 2 N–H and O–H groups in total. The van der Waals surface area contributed by atoms with Gasteiger partial charge in [0.15, 0.2) is 0 Å². The summed E-state index contributed by atoms with van der Waals surface area (Å²) < 4.78 is 5.74. The molecule has 1 aliphatic rings. The van der Waals surface area contributed by atoms with Crippen LogP contribution in [0.15, 0.2) is 47.5 Å². The maximum Gasteiger partial charge on any atom is 0.248 e. The highest BCUT2D eigenvalue weighted by molar-refractivity contribution is 5.78. The van der Waals surface area contributed by atoms with Gasteiger partial charge in [0, 0.05) is 29.0 Å². The summed E-state index contributed by atoms with van der Waals surface area (Å²) in [7, 11) is 0. The Balaban J connectivity index is 1.87. The second-order valence-electron chi connectivity index (χ2n) is 4.70. The van der Waals surface area contributed by atoms with E-state index in [0.29, 0.717) is 6.61 Å². The molecule has 0 unspecified atom stereocenters. The molecule has 0 amide bonds. The van der Waals surface area contributed by atoms with Crippen LogP contribution in [0.25, 0.3) is 22.3 Å². The van der Waals surface area contributed by atoms with Gasteiger partial charge in [0.2, 0.25) is 5.56 Å². The average molecular weight is 265 g/mol. The highest BCUT2D eigenvalue weighted by Crippen LogP contribution is 2.38. The summed E-state index contributed by atoms with van der Waals surface area (Å²) in [6.45, 7) is 0.382. The minimum absolute atomic E-state index is 0.106. The van der Waals surface area contributed by atoms with Crippen LogP contribution >= 0.6 is 0 Å². The molecule has 5 heteroatoms. The summed E-state index contributed by atoms with van der Waals surface area (Å²) in [5.41, 5.74) is 4.79. The molecular formula is C15H11N3O2. The number of pyridine rings is 1. The van der Waals surface area contributed by atoms with Crippen molar-refractivity contribution in [3.05, 3.63) is 58.8 Å². The smallest absolute Gasteiger partial charge is 0.248 e. The summed E-state index contributed by atoms with van der Waals surface area (Å²) in [5, 5.41) is 6.75. The number of rotatable bonds is 1. The fourth-order valence-electron chi connectivity index (χ4n) is 2.49. The molecule has 0 fully saturated rings. The van der Waals surface area contributed by atoms with Crippen LogP contribution in [0, 0.1) is 0 Å². The molecular weight excluding hydrogens is 254 g/mol. The predicted molar refractivity (Wildman–Crippen MR) is 74.4 cm³/mol. The van der Waals surface area contributed by atoms with E-state index in [9.17, 15) is 4.79 Å². The third kappa shape index (κ3) is 1.64. The molecule has 0 spiro atoms. The molecule has 5 nitrogen and oxygen atoms in total. The van der Waals surface area contributed by atoms with Crippen LogP contribution in [0.5, 0.6) is 5.75 Å². The molecule has 0 bridgehead atoms. The van der Waals surface area contributed by atoms with E-state index in [2.05, 4.69) is 15.2 Å². The van der Waals surface area contributed by atoms with Crippen molar-refractivity contribution in [3.8, 4) is 28.0 Å². The molecule has 0 atom stereocenters. The lowest BCUT2D eigenvalue weighted by Crippen LogP contribution is -2.14. The number of aromatic amines is 2. The predicted octanol–water partition coefficient (Wildman–Crippen LogP) is 2.32. The number of hydrogen-bond donors (Lipinski definition) is 2. The first kappa shape index (κ1) is 11.0. The molecule has 3 heterocycles. The number of benzene rings is 1. The maximum absolute atomic E-state index is 11.3. The van der Waals surface area contributed by atoms with Crippen LogP contribution in [0.3, 0.4) is 0 Å². The Kier molecular flexibility index (Phi) is 2.26. The first-order chi connectivity index (χ1) is 9.81. The lowest BCUT2D eigenvalue weighted by Gasteiger charge is -2.20. The lowest BCUT2D eigenvalue weighted by molar-refractivity contribution is 0.297. The Bertz CT molecular complexity index is 835. The van der Waals surface area contributed by atoms with Gasteiger partial charge in [-0.2, -0.15) is 5.10 Å². The van der Waals surface area contributed by atoms with Crippen molar-refractivity contribution in [1.82, 2.24) is 15.2 Å². The monoisotopic (exact) mass is 265 g/mol. The number of nitrogens with one attached hydrogen (secondary N) is 2. The van der Waals surface area contributed by atoms with Gasteiger partial charge in [-0.3, -0.25) is 9.89 Å². The Labute approximate surface area is 114 Å². The average Bonchev–Trinajstić information content (AvgIpc) is 3.00. The van der Waals surface area contributed by atoms with E-state index >= 15 is 0 Å². The van der Waals surface area contributed by atoms with E-state index in [1.54, 1.807) is 6.20 Å². The first-order valence-electron chi connectivity index (χ1n) is 6.30. The summed E-state index contributed by atoms with van der Waals surface area (Å²) in [4.78, 5) is 14.2. The Hall–Kier alpha value is -2.82.